The van der Waals surface area contributed by atoms with Gasteiger partial charge in [0.1, 0.15) is 11.5 Å². The largest absolute Gasteiger partial charge is 0.497 e. The molecule has 4 heteroatoms. The molecule has 2 aromatic rings. The van der Waals surface area contributed by atoms with Crippen LogP contribution in [0, 0.1) is 6.92 Å². The Hall–Kier alpha value is -1.87. The maximum absolute atomic E-state index is 6.11. The third-order valence-electron chi connectivity index (χ3n) is 2.53. The first-order valence-electron chi connectivity index (χ1n) is 5.47. The molecule has 0 amide bonds. The van der Waals surface area contributed by atoms with Gasteiger partial charge in [-0.05, 0) is 36.8 Å². The van der Waals surface area contributed by atoms with Gasteiger partial charge in [-0.25, -0.2) is 0 Å². The lowest BCUT2D eigenvalue weighted by molar-refractivity contribution is 0.409. The van der Waals surface area contributed by atoms with Crippen LogP contribution in [0.5, 0.6) is 17.2 Å². The molecule has 0 fully saturated rings. The zero-order valence-electron chi connectivity index (χ0n) is 10.2. The van der Waals surface area contributed by atoms with E-state index < -0.39 is 0 Å². The molecule has 0 heterocycles. The maximum Gasteiger partial charge on any atom is 0.154 e. The Bertz CT molecular complexity index is 570. The summed E-state index contributed by atoms with van der Waals surface area (Å²) < 4.78 is 10.8. The summed E-state index contributed by atoms with van der Waals surface area (Å²) in [5.74, 6) is 1.78. The lowest BCUT2D eigenvalue weighted by atomic mass is 10.2. The number of aryl methyl sites for hydroxylation is 1. The number of halogens is 1. The molecule has 0 aliphatic carbocycles. The number of nitrogen functional groups attached to an aromatic ring is 1. The molecule has 0 spiro atoms. The third kappa shape index (κ3) is 2.68. The van der Waals surface area contributed by atoms with Crippen molar-refractivity contribution in [3.8, 4) is 17.2 Å². The highest BCUT2D eigenvalue weighted by molar-refractivity contribution is 6.32. The summed E-state index contributed by atoms with van der Waals surface area (Å²) in [6.07, 6.45) is 0. The van der Waals surface area contributed by atoms with Crippen molar-refractivity contribution in [2.24, 2.45) is 0 Å². The van der Waals surface area contributed by atoms with Crippen LogP contribution in [0.1, 0.15) is 5.56 Å². The van der Waals surface area contributed by atoms with Gasteiger partial charge < -0.3 is 15.2 Å². The molecule has 94 valence electrons. The van der Waals surface area contributed by atoms with Gasteiger partial charge in [-0.3, -0.25) is 0 Å². The molecule has 0 bridgehead atoms. The predicted molar refractivity (Wildman–Crippen MR) is 73.7 cm³/mol. The quantitative estimate of drug-likeness (QED) is 0.851. The van der Waals surface area contributed by atoms with Gasteiger partial charge in [-0.15, -0.1) is 0 Å². The molecule has 2 rings (SSSR count). The molecule has 0 saturated carbocycles. The number of rotatable bonds is 3. The standard InChI is InChI=1S/C14H14ClNO2/c1-9-3-6-13(11(15)7-9)18-14-8-10(17-2)4-5-12(14)16/h3-8H,16H2,1-2H3. The first kappa shape index (κ1) is 12.6. The van der Waals surface area contributed by atoms with Crippen LogP contribution in [-0.4, -0.2) is 7.11 Å². The number of hydrogen-bond acceptors (Lipinski definition) is 3. The summed E-state index contributed by atoms with van der Waals surface area (Å²) in [5, 5.41) is 0.553. The highest BCUT2D eigenvalue weighted by Gasteiger charge is 2.07. The average molecular weight is 264 g/mol. The first-order valence-corrected chi connectivity index (χ1v) is 5.85. The number of ether oxygens (including phenoxy) is 2. The molecule has 2 aromatic carbocycles. The maximum atomic E-state index is 6.11. The van der Waals surface area contributed by atoms with Crippen LogP contribution in [-0.2, 0) is 0 Å². The second kappa shape index (κ2) is 5.19. The van der Waals surface area contributed by atoms with E-state index in [0.29, 0.717) is 28.0 Å². The van der Waals surface area contributed by atoms with E-state index in [1.54, 1.807) is 25.3 Å². The van der Waals surface area contributed by atoms with Gasteiger partial charge in [0.15, 0.2) is 5.75 Å². The number of anilines is 1. The summed E-state index contributed by atoms with van der Waals surface area (Å²) >= 11 is 6.11. The van der Waals surface area contributed by atoms with Gasteiger partial charge in [0.25, 0.3) is 0 Å². The van der Waals surface area contributed by atoms with Gasteiger partial charge in [0, 0.05) is 6.07 Å². The van der Waals surface area contributed by atoms with Crippen LogP contribution in [0.4, 0.5) is 5.69 Å². The fraction of sp³-hybridized carbons (Fsp3) is 0.143. The van der Waals surface area contributed by atoms with Crippen LogP contribution < -0.4 is 15.2 Å². The van der Waals surface area contributed by atoms with Gasteiger partial charge in [0.2, 0.25) is 0 Å². The Balaban J connectivity index is 2.33. The Morgan fingerprint density at radius 1 is 1.06 bits per heavy atom. The Labute approximate surface area is 111 Å². The molecular weight excluding hydrogens is 250 g/mol. The van der Waals surface area contributed by atoms with Crippen molar-refractivity contribution in [3.63, 3.8) is 0 Å². The minimum Gasteiger partial charge on any atom is -0.497 e. The van der Waals surface area contributed by atoms with E-state index in [9.17, 15) is 0 Å². The molecule has 0 atom stereocenters. The van der Waals surface area contributed by atoms with Gasteiger partial charge in [-0.2, -0.15) is 0 Å². The van der Waals surface area contributed by atoms with Crippen molar-refractivity contribution >= 4 is 17.3 Å². The van der Waals surface area contributed by atoms with Crippen LogP contribution in [0.15, 0.2) is 36.4 Å². The summed E-state index contributed by atoms with van der Waals surface area (Å²) in [5.41, 5.74) is 7.46. The number of methoxy groups -OCH3 is 1. The molecular formula is C14H14ClNO2. The third-order valence-corrected chi connectivity index (χ3v) is 2.82. The molecule has 2 N–H and O–H groups in total. The van der Waals surface area contributed by atoms with Crippen molar-refractivity contribution < 1.29 is 9.47 Å². The molecule has 0 aromatic heterocycles. The average Bonchev–Trinajstić information content (AvgIpc) is 2.35. The van der Waals surface area contributed by atoms with Crippen LogP contribution >= 0.6 is 11.6 Å². The summed E-state index contributed by atoms with van der Waals surface area (Å²) in [7, 11) is 1.59. The lowest BCUT2D eigenvalue weighted by Crippen LogP contribution is -1.94. The van der Waals surface area contributed by atoms with Crippen LogP contribution in [0.3, 0.4) is 0 Å². The zero-order chi connectivity index (χ0) is 13.1. The molecule has 0 aliphatic rings. The van der Waals surface area contributed by atoms with Crippen molar-refractivity contribution in [2.45, 2.75) is 6.92 Å². The van der Waals surface area contributed by atoms with Crippen LogP contribution in [0.2, 0.25) is 5.02 Å². The van der Waals surface area contributed by atoms with E-state index in [2.05, 4.69) is 0 Å². The minimum atomic E-state index is 0.528. The monoisotopic (exact) mass is 263 g/mol. The van der Waals surface area contributed by atoms with Crippen molar-refractivity contribution in [1.82, 2.24) is 0 Å². The fourth-order valence-corrected chi connectivity index (χ4v) is 1.81. The van der Waals surface area contributed by atoms with E-state index in [0.717, 1.165) is 5.56 Å². The molecule has 0 saturated heterocycles. The summed E-state index contributed by atoms with van der Waals surface area (Å²) in [6, 6.07) is 10.8. The van der Waals surface area contributed by atoms with Crippen molar-refractivity contribution in [1.29, 1.82) is 0 Å². The van der Waals surface area contributed by atoms with E-state index in [1.807, 2.05) is 25.1 Å². The molecule has 0 aliphatic heterocycles. The second-order valence-corrected chi connectivity index (χ2v) is 4.35. The Morgan fingerprint density at radius 2 is 1.83 bits per heavy atom. The number of benzene rings is 2. The van der Waals surface area contributed by atoms with Gasteiger partial charge in [-0.1, -0.05) is 17.7 Å². The second-order valence-electron chi connectivity index (χ2n) is 3.94. The van der Waals surface area contributed by atoms with Crippen molar-refractivity contribution in [3.05, 3.63) is 47.0 Å². The fourth-order valence-electron chi connectivity index (χ4n) is 1.54. The summed E-state index contributed by atoms with van der Waals surface area (Å²) in [4.78, 5) is 0. The topological polar surface area (TPSA) is 44.5 Å². The SMILES string of the molecule is COc1ccc(N)c(Oc2ccc(C)cc2Cl)c1. The summed E-state index contributed by atoms with van der Waals surface area (Å²) in [6.45, 7) is 1.97. The van der Waals surface area contributed by atoms with Gasteiger partial charge in [0.05, 0.1) is 17.8 Å². The normalized spacial score (nSPS) is 10.2. The lowest BCUT2D eigenvalue weighted by Gasteiger charge is -2.11. The Morgan fingerprint density at radius 3 is 2.50 bits per heavy atom. The minimum absolute atomic E-state index is 0.528. The Kier molecular flexibility index (Phi) is 3.63. The van der Waals surface area contributed by atoms with Gasteiger partial charge >= 0.3 is 0 Å². The zero-order valence-corrected chi connectivity index (χ0v) is 11.0. The first-order chi connectivity index (χ1) is 8.60. The van der Waals surface area contributed by atoms with Crippen molar-refractivity contribution in [2.75, 3.05) is 12.8 Å². The highest BCUT2D eigenvalue weighted by Crippen LogP contribution is 2.34. The smallest absolute Gasteiger partial charge is 0.154 e. The van der Waals surface area contributed by atoms with Crippen LogP contribution in [0.25, 0.3) is 0 Å². The van der Waals surface area contributed by atoms with E-state index in [-0.39, 0.29) is 0 Å². The number of nitrogens with two attached hydrogens (primary N) is 1. The molecule has 18 heavy (non-hydrogen) atoms. The van der Waals surface area contributed by atoms with E-state index >= 15 is 0 Å². The van der Waals surface area contributed by atoms with E-state index in [4.69, 9.17) is 26.8 Å². The predicted octanol–water partition coefficient (Wildman–Crippen LogP) is 4.03. The molecule has 0 radical (unpaired) electrons. The highest BCUT2D eigenvalue weighted by atomic mass is 35.5. The van der Waals surface area contributed by atoms with E-state index in [1.165, 1.54) is 0 Å². The number of hydrogen-bond donors (Lipinski definition) is 1. The molecule has 0 unspecified atom stereocenters. The molecule has 3 nitrogen and oxygen atoms in total.